The number of benzene rings is 2. The predicted octanol–water partition coefficient (Wildman–Crippen LogP) is 4.07. The van der Waals surface area contributed by atoms with E-state index < -0.39 is 0 Å². The number of aryl methyl sites for hydroxylation is 1. The van der Waals surface area contributed by atoms with Crippen LogP contribution in [0.3, 0.4) is 0 Å². The van der Waals surface area contributed by atoms with Gasteiger partial charge in [-0.1, -0.05) is 35.9 Å². The maximum Gasteiger partial charge on any atom is 0.240 e. The molecule has 0 spiro atoms. The van der Waals surface area contributed by atoms with E-state index >= 15 is 0 Å². The molecule has 0 aliphatic rings. The number of nitrogens with one attached hydrogen (secondary N) is 2. The number of hydrogen-bond donors (Lipinski definition) is 2. The lowest BCUT2D eigenvalue weighted by Gasteiger charge is -2.13. The Morgan fingerprint density at radius 1 is 1.10 bits per heavy atom. The standard InChI is InChI=1S/C23H28N4O3S/c1-4-29-19-11-8-17(14-20(19)30-5-2)12-13-24-21(28)15-27-22(25-26-23(27)31)18-9-6-16(3)7-10-18/h6-11,14H,4-5,12-13,15H2,1-3H3,(H,24,28)(H,26,31). The fourth-order valence-corrected chi connectivity index (χ4v) is 3.38. The van der Waals surface area contributed by atoms with Crippen molar-refractivity contribution in [3.63, 3.8) is 0 Å². The number of rotatable bonds is 10. The monoisotopic (exact) mass is 440 g/mol. The maximum atomic E-state index is 12.5. The summed E-state index contributed by atoms with van der Waals surface area (Å²) < 4.78 is 13.4. The van der Waals surface area contributed by atoms with Crippen LogP contribution in [0.15, 0.2) is 42.5 Å². The van der Waals surface area contributed by atoms with E-state index in [1.54, 1.807) is 4.57 Å². The number of carbonyl (C=O) groups excluding carboxylic acids is 1. The van der Waals surface area contributed by atoms with Crippen LogP contribution in [0.2, 0.25) is 0 Å². The molecule has 7 nitrogen and oxygen atoms in total. The van der Waals surface area contributed by atoms with Crippen LogP contribution in [-0.2, 0) is 17.8 Å². The molecule has 0 bridgehead atoms. The van der Waals surface area contributed by atoms with Crippen molar-refractivity contribution >= 4 is 18.1 Å². The van der Waals surface area contributed by atoms with Crippen LogP contribution < -0.4 is 14.8 Å². The molecule has 2 aromatic carbocycles. The van der Waals surface area contributed by atoms with E-state index in [2.05, 4.69) is 15.5 Å². The van der Waals surface area contributed by atoms with Crippen molar-refractivity contribution in [2.75, 3.05) is 19.8 Å². The van der Waals surface area contributed by atoms with Gasteiger partial charge in [0.1, 0.15) is 6.54 Å². The molecule has 164 valence electrons. The molecule has 8 heteroatoms. The Labute approximate surface area is 187 Å². The second-order valence-corrected chi connectivity index (χ2v) is 7.44. The molecule has 0 aliphatic heterocycles. The largest absolute Gasteiger partial charge is 0.490 e. The SMILES string of the molecule is CCOc1ccc(CCNC(=O)Cn2c(-c3ccc(C)cc3)n[nH]c2=S)cc1OCC. The summed E-state index contributed by atoms with van der Waals surface area (Å²) in [6.07, 6.45) is 0.680. The average Bonchev–Trinajstić information content (AvgIpc) is 3.11. The van der Waals surface area contributed by atoms with E-state index in [0.717, 1.165) is 28.2 Å². The number of aromatic nitrogens is 3. The van der Waals surface area contributed by atoms with Gasteiger partial charge in [0, 0.05) is 12.1 Å². The average molecular weight is 441 g/mol. The minimum Gasteiger partial charge on any atom is -0.490 e. The van der Waals surface area contributed by atoms with Gasteiger partial charge in [0.2, 0.25) is 5.91 Å². The van der Waals surface area contributed by atoms with Crippen molar-refractivity contribution in [3.8, 4) is 22.9 Å². The number of ether oxygens (including phenoxy) is 2. The van der Waals surface area contributed by atoms with Crippen molar-refractivity contribution in [2.24, 2.45) is 0 Å². The number of carbonyl (C=O) groups is 1. The fraction of sp³-hybridized carbons (Fsp3) is 0.348. The molecule has 3 aromatic rings. The summed E-state index contributed by atoms with van der Waals surface area (Å²) in [5, 5.41) is 10.0. The Kier molecular flexibility index (Phi) is 7.83. The van der Waals surface area contributed by atoms with Crippen LogP contribution in [0.25, 0.3) is 11.4 Å². The Morgan fingerprint density at radius 2 is 1.81 bits per heavy atom. The Hall–Kier alpha value is -3.13. The van der Waals surface area contributed by atoms with Gasteiger partial charge in [0.25, 0.3) is 0 Å². The molecular weight excluding hydrogens is 412 g/mol. The van der Waals surface area contributed by atoms with Crippen molar-refractivity contribution < 1.29 is 14.3 Å². The van der Waals surface area contributed by atoms with E-state index in [-0.39, 0.29) is 12.5 Å². The van der Waals surface area contributed by atoms with Crippen LogP contribution >= 0.6 is 12.2 Å². The first kappa shape index (κ1) is 22.6. The summed E-state index contributed by atoms with van der Waals surface area (Å²) in [4.78, 5) is 12.5. The van der Waals surface area contributed by atoms with Crippen molar-refractivity contribution in [3.05, 3.63) is 58.4 Å². The molecule has 1 heterocycles. The van der Waals surface area contributed by atoms with E-state index in [1.807, 2.05) is 63.2 Å². The molecule has 0 aliphatic carbocycles. The molecule has 0 saturated carbocycles. The van der Waals surface area contributed by atoms with Crippen molar-refractivity contribution in [2.45, 2.75) is 33.7 Å². The van der Waals surface area contributed by atoms with Crippen LogP contribution in [0.1, 0.15) is 25.0 Å². The van der Waals surface area contributed by atoms with E-state index in [4.69, 9.17) is 21.7 Å². The van der Waals surface area contributed by atoms with Crippen LogP contribution in [0.4, 0.5) is 0 Å². The highest BCUT2D eigenvalue weighted by Gasteiger charge is 2.12. The van der Waals surface area contributed by atoms with Crippen LogP contribution in [0.5, 0.6) is 11.5 Å². The number of hydrogen-bond acceptors (Lipinski definition) is 5. The number of aromatic amines is 1. The fourth-order valence-electron chi connectivity index (χ4n) is 3.18. The molecule has 2 N–H and O–H groups in total. The van der Waals surface area contributed by atoms with Crippen LogP contribution in [-0.4, -0.2) is 40.4 Å². The molecule has 0 atom stereocenters. The zero-order valence-electron chi connectivity index (χ0n) is 18.1. The second kappa shape index (κ2) is 10.8. The first-order valence-electron chi connectivity index (χ1n) is 10.4. The highest BCUT2D eigenvalue weighted by atomic mass is 32.1. The number of amides is 1. The molecule has 0 radical (unpaired) electrons. The second-order valence-electron chi connectivity index (χ2n) is 7.05. The third-order valence-electron chi connectivity index (χ3n) is 4.71. The predicted molar refractivity (Wildman–Crippen MR) is 123 cm³/mol. The molecule has 31 heavy (non-hydrogen) atoms. The third kappa shape index (κ3) is 5.95. The minimum absolute atomic E-state index is 0.103. The van der Waals surface area contributed by atoms with E-state index in [9.17, 15) is 4.79 Å². The molecule has 0 unspecified atom stereocenters. The summed E-state index contributed by atoms with van der Waals surface area (Å²) in [6.45, 7) is 7.65. The van der Waals surface area contributed by atoms with Gasteiger partial charge in [-0.25, -0.2) is 0 Å². The Morgan fingerprint density at radius 3 is 2.52 bits per heavy atom. The van der Waals surface area contributed by atoms with Crippen LogP contribution in [0, 0.1) is 11.7 Å². The van der Waals surface area contributed by atoms with Gasteiger partial charge in [0.05, 0.1) is 13.2 Å². The minimum atomic E-state index is -0.123. The molecule has 3 rings (SSSR count). The maximum absolute atomic E-state index is 12.5. The zero-order valence-corrected chi connectivity index (χ0v) is 18.9. The molecule has 0 fully saturated rings. The highest BCUT2D eigenvalue weighted by molar-refractivity contribution is 7.71. The summed E-state index contributed by atoms with van der Waals surface area (Å²) in [5.74, 6) is 1.98. The first-order chi connectivity index (χ1) is 15.0. The number of H-pyrrole nitrogens is 1. The van der Waals surface area contributed by atoms with Gasteiger partial charge in [0.15, 0.2) is 22.1 Å². The summed E-state index contributed by atoms with van der Waals surface area (Å²) in [7, 11) is 0. The Bertz CT molecular complexity index is 1070. The molecular formula is C23H28N4O3S. The van der Waals surface area contributed by atoms with Gasteiger partial charge in [-0.3, -0.25) is 14.5 Å². The molecule has 0 saturated heterocycles. The summed E-state index contributed by atoms with van der Waals surface area (Å²) >= 11 is 5.32. The normalized spacial score (nSPS) is 10.7. The quantitative estimate of drug-likeness (QED) is 0.465. The molecule has 1 amide bonds. The summed E-state index contributed by atoms with van der Waals surface area (Å²) in [5.41, 5.74) is 3.13. The van der Waals surface area contributed by atoms with E-state index in [1.165, 1.54) is 0 Å². The van der Waals surface area contributed by atoms with Gasteiger partial charge in [-0.2, -0.15) is 5.10 Å². The smallest absolute Gasteiger partial charge is 0.240 e. The van der Waals surface area contributed by atoms with E-state index in [0.29, 0.717) is 36.8 Å². The number of nitrogens with zero attached hydrogens (tertiary/aromatic N) is 2. The lowest BCUT2D eigenvalue weighted by atomic mass is 10.1. The lowest BCUT2D eigenvalue weighted by molar-refractivity contribution is -0.121. The van der Waals surface area contributed by atoms with Gasteiger partial charge >= 0.3 is 0 Å². The third-order valence-corrected chi connectivity index (χ3v) is 5.03. The first-order valence-corrected chi connectivity index (χ1v) is 10.8. The summed E-state index contributed by atoms with van der Waals surface area (Å²) in [6, 6.07) is 13.8. The Balaban J connectivity index is 1.60. The molecule has 1 aromatic heterocycles. The zero-order chi connectivity index (χ0) is 22.2. The lowest BCUT2D eigenvalue weighted by Crippen LogP contribution is -2.29. The highest BCUT2D eigenvalue weighted by Crippen LogP contribution is 2.28. The van der Waals surface area contributed by atoms with Crippen molar-refractivity contribution in [1.82, 2.24) is 20.1 Å². The van der Waals surface area contributed by atoms with Gasteiger partial charge in [-0.05, 0) is 57.1 Å². The van der Waals surface area contributed by atoms with Gasteiger partial charge in [-0.15, -0.1) is 0 Å². The van der Waals surface area contributed by atoms with Gasteiger partial charge < -0.3 is 14.8 Å². The van der Waals surface area contributed by atoms with Crippen molar-refractivity contribution in [1.29, 1.82) is 0 Å². The topological polar surface area (TPSA) is 81.2 Å².